The molecule has 330 valence electrons. The minimum atomic E-state index is -0.458. The Morgan fingerprint density at radius 3 is 1.57 bits per heavy atom. The molecule has 4 aliphatic rings. The van der Waals surface area contributed by atoms with Crippen LogP contribution in [0.2, 0.25) is 10.0 Å². The van der Waals surface area contributed by atoms with Gasteiger partial charge in [0.15, 0.2) is 0 Å². The van der Waals surface area contributed by atoms with Crippen molar-refractivity contribution in [1.82, 2.24) is 19.8 Å². The molecular formula is C44H41Br3Cl2N6O8. The van der Waals surface area contributed by atoms with Crippen LogP contribution < -0.4 is 0 Å². The lowest BCUT2D eigenvalue weighted by atomic mass is 9.88. The number of ether oxygens (including phenoxy) is 2. The van der Waals surface area contributed by atoms with E-state index in [1.165, 1.54) is 0 Å². The third kappa shape index (κ3) is 9.97. The van der Waals surface area contributed by atoms with Crippen LogP contribution in [0.15, 0.2) is 67.3 Å². The Labute approximate surface area is 398 Å². The number of halogens is 5. The molecule has 2 amide bonds. The zero-order valence-electron chi connectivity index (χ0n) is 34.3. The first-order valence-corrected chi connectivity index (χ1v) is 23.5. The molecule has 0 atom stereocenters. The van der Waals surface area contributed by atoms with Crippen LogP contribution in [0.5, 0.6) is 0 Å². The van der Waals surface area contributed by atoms with E-state index in [0.29, 0.717) is 82.4 Å². The Hall–Kier alpha value is -4.42. The largest absolute Gasteiger partial charge is 0.450 e. The van der Waals surface area contributed by atoms with Crippen molar-refractivity contribution in [3.8, 4) is 0 Å². The fourth-order valence-corrected chi connectivity index (χ4v) is 10.4. The van der Waals surface area contributed by atoms with E-state index in [9.17, 15) is 29.8 Å². The molecule has 19 heteroatoms. The van der Waals surface area contributed by atoms with Gasteiger partial charge in [-0.05, 0) is 165 Å². The number of carbonyl (C=O) groups excluding carboxylic acids is 2. The van der Waals surface area contributed by atoms with Crippen molar-refractivity contribution in [1.29, 1.82) is 0 Å². The van der Waals surface area contributed by atoms with E-state index in [1.54, 1.807) is 54.2 Å². The van der Waals surface area contributed by atoms with E-state index in [0.717, 1.165) is 88.8 Å². The van der Waals surface area contributed by atoms with Crippen molar-refractivity contribution in [2.45, 2.75) is 65.2 Å². The molecule has 4 heterocycles. The standard InChI is InChI=1S/C22H20Br2ClN3O4.C22H21BrClN3O4/c1-2-32-22(29)27-7-5-12(6-8-27)18-16-10-17(28(30)31)20(25)19(24)15(16)4-3-13-9-14(23)11-26-21(13)18;1-2-31-22(28)26-7-5-13(6-8-26)20-17-11-19(27(29)30)18(24)10-14(17)3-4-15-9-16(23)12-25-21(15)20/h9-11H,2-8H2,1H3;9-12H,2-8H2,1H3. The van der Waals surface area contributed by atoms with Crippen LogP contribution in [-0.2, 0) is 35.2 Å². The Morgan fingerprint density at radius 2 is 1.10 bits per heavy atom. The monoisotopic (exact) mass is 1090 g/mol. The summed E-state index contributed by atoms with van der Waals surface area (Å²) in [7, 11) is 0. The smallest absolute Gasteiger partial charge is 0.409 e. The predicted molar refractivity (Wildman–Crippen MR) is 250 cm³/mol. The second kappa shape index (κ2) is 20.2. The number of piperidine rings is 2. The first-order chi connectivity index (χ1) is 30.2. The summed E-state index contributed by atoms with van der Waals surface area (Å²) in [6.45, 7) is 6.37. The van der Waals surface area contributed by atoms with Crippen LogP contribution >= 0.6 is 71.0 Å². The normalized spacial score (nSPS) is 15.7. The highest BCUT2D eigenvalue weighted by atomic mass is 79.9. The summed E-state index contributed by atoms with van der Waals surface area (Å²) in [4.78, 5) is 59.4. The average molecular weight is 1090 g/mol. The maximum Gasteiger partial charge on any atom is 0.409 e. The molecule has 0 spiro atoms. The van der Waals surface area contributed by atoms with E-state index >= 15 is 0 Å². The molecule has 0 unspecified atom stereocenters. The summed E-state index contributed by atoms with van der Waals surface area (Å²) in [5.41, 5.74) is 11.2. The molecule has 63 heavy (non-hydrogen) atoms. The molecule has 0 saturated carbocycles. The van der Waals surface area contributed by atoms with Gasteiger partial charge in [-0.15, -0.1) is 0 Å². The van der Waals surface area contributed by atoms with Crippen LogP contribution in [-0.4, -0.2) is 81.2 Å². The maximum atomic E-state index is 12.1. The lowest BCUT2D eigenvalue weighted by Gasteiger charge is -2.29. The molecule has 2 fully saturated rings. The number of fused-ring (bicyclic) bond motifs is 4. The van der Waals surface area contributed by atoms with Gasteiger partial charge in [-0.25, -0.2) is 9.59 Å². The first-order valence-electron chi connectivity index (χ1n) is 20.4. The summed E-state index contributed by atoms with van der Waals surface area (Å²) < 4.78 is 12.6. The molecule has 0 N–H and O–H groups in total. The molecule has 2 aromatic carbocycles. The Bertz CT molecular complexity index is 2590. The second-order valence-corrected chi connectivity index (χ2v) is 18.6. The lowest BCUT2D eigenvalue weighted by molar-refractivity contribution is -0.384. The number of aromatic nitrogens is 2. The van der Waals surface area contributed by atoms with Gasteiger partial charge in [-0.3, -0.25) is 30.2 Å². The van der Waals surface area contributed by atoms with Crippen molar-refractivity contribution < 1.29 is 28.9 Å². The number of aryl methyl sites for hydroxylation is 3. The number of benzene rings is 2. The van der Waals surface area contributed by atoms with Crippen molar-refractivity contribution >= 4 is 106 Å². The number of rotatable bonds is 4. The number of carbonyl (C=O) groups is 2. The third-order valence-corrected chi connectivity index (χ3v) is 14.2. The molecule has 2 aliphatic carbocycles. The number of nitro benzene ring substituents is 2. The Kier molecular flexibility index (Phi) is 14.9. The average Bonchev–Trinajstić information content (AvgIpc) is 3.52. The van der Waals surface area contributed by atoms with Crippen LogP contribution in [0.1, 0.15) is 84.3 Å². The number of likely N-dealkylation sites (tertiary alicyclic amines) is 2. The molecule has 0 radical (unpaired) electrons. The number of nitrogens with zero attached hydrogens (tertiary/aromatic N) is 6. The predicted octanol–water partition coefficient (Wildman–Crippen LogP) is 11.9. The maximum absolute atomic E-state index is 12.1. The van der Waals surface area contributed by atoms with Crippen LogP contribution in [0, 0.1) is 20.2 Å². The molecule has 2 saturated heterocycles. The number of hydrogen-bond acceptors (Lipinski definition) is 10. The zero-order valence-corrected chi connectivity index (χ0v) is 40.5. The van der Waals surface area contributed by atoms with Gasteiger partial charge in [0.2, 0.25) is 0 Å². The summed E-state index contributed by atoms with van der Waals surface area (Å²) >= 11 is 23.1. The third-order valence-electron chi connectivity index (χ3n) is 11.5. The van der Waals surface area contributed by atoms with Crippen LogP contribution in [0.3, 0.4) is 0 Å². The summed E-state index contributed by atoms with van der Waals surface area (Å²) in [6.07, 6.45) is 8.33. The number of hydrogen-bond donors (Lipinski definition) is 0. The minimum absolute atomic E-state index is 0.107. The van der Waals surface area contributed by atoms with Gasteiger partial charge in [0.25, 0.3) is 11.4 Å². The van der Waals surface area contributed by atoms with E-state index < -0.39 is 9.85 Å². The van der Waals surface area contributed by atoms with Crippen molar-refractivity contribution in [2.75, 3.05) is 39.4 Å². The molecule has 14 nitrogen and oxygen atoms in total. The van der Waals surface area contributed by atoms with Gasteiger partial charge >= 0.3 is 12.2 Å². The molecule has 2 aromatic heterocycles. The summed E-state index contributed by atoms with van der Waals surface area (Å²) in [5.74, 6) is 0. The van der Waals surface area contributed by atoms with E-state index in [1.807, 2.05) is 6.07 Å². The molecular weight excluding hydrogens is 1050 g/mol. The van der Waals surface area contributed by atoms with Gasteiger partial charge in [0, 0.05) is 75.3 Å². The van der Waals surface area contributed by atoms with Crippen molar-refractivity contribution in [2.24, 2.45) is 0 Å². The van der Waals surface area contributed by atoms with Crippen LogP contribution in [0.25, 0.3) is 11.1 Å². The van der Waals surface area contributed by atoms with Gasteiger partial charge in [0.05, 0.1) is 34.4 Å². The fourth-order valence-electron chi connectivity index (χ4n) is 8.57. The number of pyridine rings is 2. The summed E-state index contributed by atoms with van der Waals surface area (Å²) in [6, 6.07) is 8.97. The van der Waals surface area contributed by atoms with Crippen molar-refractivity contribution in [3.05, 3.63) is 142 Å². The highest BCUT2D eigenvalue weighted by molar-refractivity contribution is 9.11. The number of amides is 2. The van der Waals surface area contributed by atoms with Crippen LogP contribution in [0.4, 0.5) is 21.0 Å². The van der Waals surface area contributed by atoms with E-state index in [4.69, 9.17) is 42.6 Å². The van der Waals surface area contributed by atoms with Crippen molar-refractivity contribution in [3.63, 3.8) is 0 Å². The number of nitro groups is 2. The Balaban J connectivity index is 0.000000189. The van der Waals surface area contributed by atoms with Gasteiger partial charge in [0.1, 0.15) is 10.0 Å². The Morgan fingerprint density at radius 1 is 0.651 bits per heavy atom. The minimum Gasteiger partial charge on any atom is -0.450 e. The topological polar surface area (TPSA) is 171 Å². The quantitative estimate of drug-likeness (QED) is 0.141. The second-order valence-electron chi connectivity index (χ2n) is 15.2. The van der Waals surface area contributed by atoms with Gasteiger partial charge in [-0.1, -0.05) is 34.3 Å². The molecule has 2 aliphatic heterocycles. The first kappa shape index (κ1) is 46.6. The lowest BCUT2D eigenvalue weighted by Crippen LogP contribution is -2.37. The summed E-state index contributed by atoms with van der Waals surface area (Å²) in [5, 5.41) is 23.5. The molecule has 4 aromatic rings. The highest BCUT2D eigenvalue weighted by Crippen LogP contribution is 2.46. The van der Waals surface area contributed by atoms with Gasteiger partial charge in [-0.2, -0.15) is 0 Å². The van der Waals surface area contributed by atoms with E-state index in [2.05, 4.69) is 53.9 Å². The SMILES string of the molecule is CCOC(=O)N1CCC(=C2c3cc([N+](=O)[O-])c(Cl)c(Br)c3CCc3cc(Br)cnc32)CC1.CCOC(=O)N1CCC(=C2c3cc([N+](=O)[O-])c(Cl)cc3CCc3cc(Br)cnc32)CC1. The zero-order chi connectivity index (χ0) is 45.1. The van der Waals surface area contributed by atoms with E-state index in [-0.39, 0.29) is 33.6 Å². The highest BCUT2D eigenvalue weighted by Gasteiger charge is 2.33. The van der Waals surface area contributed by atoms with Gasteiger partial charge < -0.3 is 19.3 Å². The molecule has 8 rings (SSSR count). The fraction of sp³-hybridized carbons (Fsp3) is 0.364. The molecule has 0 bridgehead atoms.